The van der Waals surface area contributed by atoms with Gasteiger partial charge in [-0.1, -0.05) is 41.9 Å². The predicted molar refractivity (Wildman–Crippen MR) is 105 cm³/mol. The van der Waals surface area contributed by atoms with Crippen molar-refractivity contribution in [3.05, 3.63) is 59.5 Å². The van der Waals surface area contributed by atoms with Gasteiger partial charge in [0, 0.05) is 27.3 Å². The SMILES string of the molecule is CN(C)C(=O)C(Nc1nc(Nc2cnn(C)c2)ncc1Cl)c1ccccc1. The first-order valence-corrected chi connectivity index (χ1v) is 8.62. The van der Waals surface area contributed by atoms with Crippen molar-refractivity contribution in [2.24, 2.45) is 7.05 Å². The maximum absolute atomic E-state index is 12.7. The van der Waals surface area contributed by atoms with Gasteiger partial charge >= 0.3 is 0 Å². The molecule has 27 heavy (non-hydrogen) atoms. The number of benzene rings is 1. The molecule has 0 bridgehead atoms. The van der Waals surface area contributed by atoms with Crippen molar-refractivity contribution in [1.29, 1.82) is 0 Å². The molecule has 1 unspecified atom stereocenters. The van der Waals surface area contributed by atoms with Gasteiger partial charge in [-0.25, -0.2) is 4.98 Å². The fourth-order valence-electron chi connectivity index (χ4n) is 2.47. The second-order valence-electron chi connectivity index (χ2n) is 6.14. The Hall–Kier alpha value is -3.13. The van der Waals surface area contributed by atoms with Crippen LogP contribution in [0.4, 0.5) is 17.5 Å². The molecule has 9 heteroatoms. The van der Waals surface area contributed by atoms with Crippen LogP contribution in [0.2, 0.25) is 5.02 Å². The molecule has 0 aliphatic rings. The number of halogens is 1. The standard InChI is InChI=1S/C18H20ClN7O/c1-25(2)17(27)15(12-7-5-4-6-8-12)23-16-14(19)10-20-18(24-16)22-13-9-21-26(3)11-13/h4-11,15H,1-3H3,(H2,20,22,23,24). The third-order valence-electron chi connectivity index (χ3n) is 3.81. The normalized spacial score (nSPS) is 11.7. The van der Waals surface area contributed by atoms with Crippen LogP contribution in [0, 0.1) is 0 Å². The minimum absolute atomic E-state index is 0.113. The first-order valence-electron chi connectivity index (χ1n) is 8.25. The topological polar surface area (TPSA) is 88.0 Å². The highest BCUT2D eigenvalue weighted by Crippen LogP contribution is 2.26. The van der Waals surface area contributed by atoms with Gasteiger partial charge in [-0.05, 0) is 5.56 Å². The van der Waals surface area contributed by atoms with Crippen LogP contribution in [0.15, 0.2) is 48.9 Å². The van der Waals surface area contributed by atoms with E-state index in [1.165, 1.54) is 11.1 Å². The maximum Gasteiger partial charge on any atom is 0.249 e. The first-order chi connectivity index (χ1) is 12.9. The molecule has 2 heterocycles. The summed E-state index contributed by atoms with van der Waals surface area (Å²) in [6.45, 7) is 0. The molecular formula is C18H20ClN7O. The summed E-state index contributed by atoms with van der Waals surface area (Å²) in [7, 11) is 5.23. The molecular weight excluding hydrogens is 366 g/mol. The number of likely N-dealkylation sites (N-methyl/N-ethyl adjacent to an activating group) is 1. The molecule has 140 valence electrons. The maximum atomic E-state index is 12.7. The molecule has 2 N–H and O–H groups in total. The van der Waals surface area contributed by atoms with E-state index in [-0.39, 0.29) is 5.91 Å². The van der Waals surface area contributed by atoms with Gasteiger partial charge in [0.25, 0.3) is 0 Å². The van der Waals surface area contributed by atoms with Gasteiger partial charge in [-0.3, -0.25) is 9.48 Å². The van der Waals surface area contributed by atoms with Crippen LogP contribution in [0.3, 0.4) is 0 Å². The molecule has 0 aliphatic heterocycles. The Kier molecular flexibility index (Phi) is 5.56. The summed E-state index contributed by atoms with van der Waals surface area (Å²) in [5.74, 6) is 0.596. The Morgan fingerprint density at radius 3 is 2.59 bits per heavy atom. The van der Waals surface area contributed by atoms with E-state index in [9.17, 15) is 4.79 Å². The molecule has 0 fully saturated rings. The van der Waals surface area contributed by atoms with Gasteiger partial charge in [0.2, 0.25) is 11.9 Å². The zero-order valence-electron chi connectivity index (χ0n) is 15.2. The first kappa shape index (κ1) is 18.7. The van der Waals surface area contributed by atoms with Crippen LogP contribution in [-0.4, -0.2) is 44.7 Å². The van der Waals surface area contributed by atoms with Gasteiger partial charge in [0.15, 0.2) is 5.82 Å². The predicted octanol–water partition coefficient (Wildman–Crippen LogP) is 2.85. The quantitative estimate of drug-likeness (QED) is 0.678. The van der Waals surface area contributed by atoms with E-state index in [1.807, 2.05) is 37.4 Å². The van der Waals surface area contributed by atoms with Crippen molar-refractivity contribution >= 4 is 35.0 Å². The van der Waals surface area contributed by atoms with Crippen molar-refractivity contribution in [1.82, 2.24) is 24.6 Å². The van der Waals surface area contributed by atoms with Gasteiger partial charge < -0.3 is 15.5 Å². The molecule has 0 spiro atoms. The number of rotatable bonds is 6. The molecule has 3 aromatic rings. The Bertz CT molecular complexity index is 926. The zero-order valence-corrected chi connectivity index (χ0v) is 16.0. The number of aryl methyl sites for hydroxylation is 1. The van der Waals surface area contributed by atoms with Gasteiger partial charge in [-0.15, -0.1) is 0 Å². The molecule has 1 amide bonds. The van der Waals surface area contributed by atoms with E-state index >= 15 is 0 Å². The summed E-state index contributed by atoms with van der Waals surface area (Å²) in [5, 5.41) is 10.6. The van der Waals surface area contributed by atoms with E-state index in [0.29, 0.717) is 16.8 Å². The molecule has 0 saturated carbocycles. The molecule has 1 aromatic carbocycles. The lowest BCUT2D eigenvalue weighted by molar-refractivity contribution is -0.129. The lowest BCUT2D eigenvalue weighted by atomic mass is 10.1. The fourth-order valence-corrected chi connectivity index (χ4v) is 2.62. The largest absolute Gasteiger partial charge is 0.353 e. The van der Waals surface area contributed by atoms with E-state index in [4.69, 9.17) is 11.6 Å². The summed E-state index contributed by atoms with van der Waals surface area (Å²) in [4.78, 5) is 22.8. The summed E-state index contributed by atoms with van der Waals surface area (Å²) in [6, 6.07) is 8.79. The minimum Gasteiger partial charge on any atom is -0.353 e. The van der Waals surface area contributed by atoms with Crippen LogP contribution < -0.4 is 10.6 Å². The highest BCUT2D eigenvalue weighted by molar-refractivity contribution is 6.32. The summed E-state index contributed by atoms with van der Waals surface area (Å²) >= 11 is 6.26. The molecule has 3 rings (SSSR count). The summed E-state index contributed by atoms with van der Waals surface area (Å²) in [6.07, 6.45) is 4.94. The number of carbonyl (C=O) groups is 1. The number of hydrogen-bond donors (Lipinski definition) is 2. The number of amides is 1. The molecule has 8 nitrogen and oxygen atoms in total. The zero-order chi connectivity index (χ0) is 19.4. The summed E-state index contributed by atoms with van der Waals surface area (Å²) < 4.78 is 1.67. The number of hydrogen-bond acceptors (Lipinski definition) is 6. The van der Waals surface area contributed by atoms with Crippen molar-refractivity contribution < 1.29 is 4.79 Å². The molecule has 1 atom stereocenters. The van der Waals surface area contributed by atoms with Crippen molar-refractivity contribution in [3.63, 3.8) is 0 Å². The van der Waals surface area contributed by atoms with Gasteiger partial charge in [0.1, 0.15) is 11.1 Å². The molecule has 0 radical (unpaired) electrons. The Balaban J connectivity index is 1.89. The van der Waals surface area contributed by atoms with E-state index in [2.05, 4.69) is 25.7 Å². The number of aromatic nitrogens is 4. The number of anilines is 3. The lowest BCUT2D eigenvalue weighted by Crippen LogP contribution is -2.33. The molecule has 0 saturated heterocycles. The van der Waals surface area contributed by atoms with Crippen molar-refractivity contribution in [2.45, 2.75) is 6.04 Å². The third kappa shape index (κ3) is 4.53. The van der Waals surface area contributed by atoms with Gasteiger partial charge in [0.05, 0.1) is 18.1 Å². The van der Waals surface area contributed by atoms with Gasteiger partial charge in [-0.2, -0.15) is 10.1 Å². The Labute approximate surface area is 162 Å². The molecule has 2 aromatic heterocycles. The van der Waals surface area contributed by atoms with Crippen LogP contribution >= 0.6 is 11.6 Å². The van der Waals surface area contributed by atoms with Crippen molar-refractivity contribution in [2.75, 3.05) is 24.7 Å². The van der Waals surface area contributed by atoms with E-state index in [0.717, 1.165) is 11.3 Å². The third-order valence-corrected chi connectivity index (χ3v) is 4.08. The van der Waals surface area contributed by atoms with Crippen LogP contribution in [-0.2, 0) is 11.8 Å². The Morgan fingerprint density at radius 2 is 1.96 bits per heavy atom. The number of nitrogens with one attached hydrogen (secondary N) is 2. The fraction of sp³-hybridized carbons (Fsp3) is 0.222. The number of nitrogens with zero attached hydrogens (tertiary/aromatic N) is 5. The van der Waals surface area contributed by atoms with Crippen LogP contribution in [0.25, 0.3) is 0 Å². The Morgan fingerprint density at radius 1 is 1.22 bits per heavy atom. The smallest absolute Gasteiger partial charge is 0.249 e. The van der Waals surface area contributed by atoms with E-state index < -0.39 is 6.04 Å². The van der Waals surface area contributed by atoms with Crippen LogP contribution in [0.1, 0.15) is 11.6 Å². The average Bonchev–Trinajstić information content (AvgIpc) is 3.07. The van der Waals surface area contributed by atoms with E-state index in [1.54, 1.807) is 31.2 Å². The monoisotopic (exact) mass is 385 g/mol. The average molecular weight is 386 g/mol. The highest BCUT2D eigenvalue weighted by atomic mass is 35.5. The summed E-state index contributed by atoms with van der Waals surface area (Å²) in [5.41, 5.74) is 1.56. The molecule has 0 aliphatic carbocycles. The highest BCUT2D eigenvalue weighted by Gasteiger charge is 2.23. The minimum atomic E-state index is -0.625. The van der Waals surface area contributed by atoms with Crippen LogP contribution in [0.5, 0.6) is 0 Å². The van der Waals surface area contributed by atoms with Crippen molar-refractivity contribution in [3.8, 4) is 0 Å². The second kappa shape index (κ2) is 8.05. The number of carbonyl (C=O) groups excluding carboxylic acids is 1. The lowest BCUT2D eigenvalue weighted by Gasteiger charge is -2.23. The second-order valence-corrected chi connectivity index (χ2v) is 6.55.